The van der Waals surface area contributed by atoms with Gasteiger partial charge in [0.1, 0.15) is 0 Å². The number of Topliss-reactive ketones (excluding diaryl/α,β-unsaturated/α-hetero) is 1. The first-order valence-electron chi connectivity index (χ1n) is 6.65. The van der Waals surface area contributed by atoms with Gasteiger partial charge in [0.05, 0.1) is 11.9 Å². The number of rotatable bonds is 9. The lowest BCUT2D eigenvalue weighted by atomic mass is 10.2. The molecule has 0 radical (unpaired) electrons. The fourth-order valence-corrected chi connectivity index (χ4v) is 2.28. The molecule has 0 spiro atoms. The van der Waals surface area contributed by atoms with E-state index in [1.807, 2.05) is 0 Å². The Hall–Kier alpha value is -1.31. The number of nitrogens with one attached hydrogen (secondary N) is 1. The molecule has 0 saturated heterocycles. The molecular formula is C14H19BrN2O4. The molecule has 0 aromatic carbocycles. The van der Waals surface area contributed by atoms with Gasteiger partial charge >= 0.3 is 0 Å². The summed E-state index contributed by atoms with van der Waals surface area (Å²) in [6.07, 6.45) is 3.03. The number of hydrogen-bond donors (Lipinski definition) is 1. The Kier molecular flexibility index (Phi) is 7.49. The molecular weight excluding hydrogens is 340 g/mol. The van der Waals surface area contributed by atoms with Gasteiger partial charge in [0.2, 0.25) is 0 Å². The highest BCUT2D eigenvalue weighted by Crippen LogP contribution is 2.17. The highest BCUT2D eigenvalue weighted by Gasteiger charge is 2.39. The van der Waals surface area contributed by atoms with E-state index in [4.69, 9.17) is 9.47 Å². The van der Waals surface area contributed by atoms with Gasteiger partial charge in [0, 0.05) is 31.2 Å². The first-order chi connectivity index (χ1) is 10.1. The standard InChI is InChI=1S/C14H19BrN2O4/c1-3-20-14(10-15,21-4-2)13(19)17-9-12(18)11-6-5-7-16-8-11/h5-8H,3-4,9-10H2,1-2H3,(H,17,19). The molecule has 1 aromatic heterocycles. The lowest BCUT2D eigenvalue weighted by Crippen LogP contribution is -2.53. The van der Waals surface area contributed by atoms with Gasteiger partial charge in [0.25, 0.3) is 11.7 Å². The maximum absolute atomic E-state index is 12.3. The lowest BCUT2D eigenvalue weighted by Gasteiger charge is -2.29. The molecule has 0 aliphatic rings. The van der Waals surface area contributed by atoms with E-state index in [1.54, 1.807) is 32.2 Å². The minimum atomic E-state index is -1.42. The second-order valence-corrected chi connectivity index (χ2v) is 4.66. The lowest BCUT2D eigenvalue weighted by molar-refractivity contribution is -0.215. The normalized spacial score (nSPS) is 11.2. The summed E-state index contributed by atoms with van der Waals surface area (Å²) in [5, 5.41) is 2.72. The molecule has 1 rings (SSSR count). The third-order valence-electron chi connectivity index (χ3n) is 2.67. The second-order valence-electron chi connectivity index (χ2n) is 4.10. The Morgan fingerprint density at radius 3 is 2.48 bits per heavy atom. The van der Waals surface area contributed by atoms with Crippen molar-refractivity contribution in [2.75, 3.05) is 25.1 Å². The van der Waals surface area contributed by atoms with Crippen LogP contribution in [0.2, 0.25) is 0 Å². The Balaban J connectivity index is 2.67. The van der Waals surface area contributed by atoms with Crippen LogP contribution >= 0.6 is 15.9 Å². The van der Waals surface area contributed by atoms with Crippen molar-refractivity contribution >= 4 is 27.6 Å². The van der Waals surface area contributed by atoms with Crippen LogP contribution in [0.1, 0.15) is 24.2 Å². The van der Waals surface area contributed by atoms with Gasteiger partial charge in [0.15, 0.2) is 5.78 Å². The van der Waals surface area contributed by atoms with Crippen molar-refractivity contribution in [2.24, 2.45) is 0 Å². The summed E-state index contributed by atoms with van der Waals surface area (Å²) in [7, 11) is 0. The van der Waals surface area contributed by atoms with Gasteiger partial charge in [-0.25, -0.2) is 0 Å². The van der Waals surface area contributed by atoms with Crippen molar-refractivity contribution in [1.82, 2.24) is 10.3 Å². The molecule has 6 nitrogen and oxygen atoms in total. The quantitative estimate of drug-likeness (QED) is 0.411. The Morgan fingerprint density at radius 2 is 2.00 bits per heavy atom. The summed E-state index contributed by atoms with van der Waals surface area (Å²) in [6.45, 7) is 4.03. The number of ketones is 1. The van der Waals surface area contributed by atoms with Crippen LogP contribution in [0.25, 0.3) is 0 Å². The van der Waals surface area contributed by atoms with E-state index in [0.29, 0.717) is 18.8 Å². The number of aromatic nitrogens is 1. The molecule has 1 amide bonds. The Labute approximate surface area is 132 Å². The molecule has 0 atom stereocenters. The largest absolute Gasteiger partial charge is 0.344 e. The van der Waals surface area contributed by atoms with Crippen molar-refractivity contribution in [3.05, 3.63) is 30.1 Å². The zero-order valence-electron chi connectivity index (χ0n) is 12.1. The average molecular weight is 359 g/mol. The smallest absolute Gasteiger partial charge is 0.281 e. The van der Waals surface area contributed by atoms with Crippen molar-refractivity contribution in [2.45, 2.75) is 19.6 Å². The number of amides is 1. The molecule has 1 heterocycles. The summed E-state index contributed by atoms with van der Waals surface area (Å²) in [6, 6.07) is 3.31. The summed E-state index contributed by atoms with van der Waals surface area (Å²) in [4.78, 5) is 28.1. The first kappa shape index (κ1) is 17.7. The van der Waals surface area contributed by atoms with Crippen LogP contribution in [0.5, 0.6) is 0 Å². The van der Waals surface area contributed by atoms with Gasteiger partial charge in [-0.15, -0.1) is 0 Å². The van der Waals surface area contributed by atoms with E-state index in [-0.39, 0.29) is 17.7 Å². The maximum atomic E-state index is 12.3. The number of hydrogen-bond acceptors (Lipinski definition) is 5. The molecule has 0 aliphatic heterocycles. The fourth-order valence-electron chi connectivity index (χ4n) is 1.70. The Bertz CT molecular complexity index is 461. The summed E-state index contributed by atoms with van der Waals surface area (Å²) >= 11 is 3.22. The third-order valence-corrected chi connectivity index (χ3v) is 3.41. The minimum Gasteiger partial charge on any atom is -0.344 e. The topological polar surface area (TPSA) is 77.5 Å². The summed E-state index contributed by atoms with van der Waals surface area (Å²) in [5.41, 5.74) is 0.440. The zero-order chi connectivity index (χ0) is 15.7. The van der Waals surface area contributed by atoms with Crippen LogP contribution < -0.4 is 5.32 Å². The van der Waals surface area contributed by atoms with Gasteiger partial charge in [-0.2, -0.15) is 0 Å². The van der Waals surface area contributed by atoms with E-state index >= 15 is 0 Å². The van der Waals surface area contributed by atoms with Crippen molar-refractivity contribution in [3.63, 3.8) is 0 Å². The van der Waals surface area contributed by atoms with Crippen LogP contribution in [0.4, 0.5) is 0 Å². The van der Waals surface area contributed by atoms with Crippen molar-refractivity contribution < 1.29 is 19.1 Å². The molecule has 0 saturated carbocycles. The molecule has 0 bridgehead atoms. The number of pyridine rings is 1. The van der Waals surface area contributed by atoms with E-state index < -0.39 is 11.7 Å². The number of carbonyl (C=O) groups is 2. The average Bonchev–Trinajstić information content (AvgIpc) is 2.52. The van der Waals surface area contributed by atoms with E-state index in [9.17, 15) is 9.59 Å². The van der Waals surface area contributed by atoms with Crippen LogP contribution in [-0.4, -0.2) is 47.6 Å². The third kappa shape index (κ3) is 4.87. The number of ether oxygens (including phenoxy) is 2. The van der Waals surface area contributed by atoms with E-state index in [1.165, 1.54) is 6.20 Å². The molecule has 1 N–H and O–H groups in total. The SMILES string of the molecule is CCOC(CBr)(OCC)C(=O)NCC(=O)c1cccnc1. The van der Waals surface area contributed by atoms with E-state index in [0.717, 1.165) is 0 Å². The molecule has 0 fully saturated rings. The molecule has 1 aromatic rings. The molecule has 0 unspecified atom stereocenters. The Morgan fingerprint density at radius 1 is 1.33 bits per heavy atom. The van der Waals surface area contributed by atoms with E-state index in [2.05, 4.69) is 26.2 Å². The molecule has 21 heavy (non-hydrogen) atoms. The van der Waals surface area contributed by atoms with Crippen LogP contribution in [0, 0.1) is 0 Å². The highest BCUT2D eigenvalue weighted by molar-refractivity contribution is 9.09. The van der Waals surface area contributed by atoms with Crippen LogP contribution in [-0.2, 0) is 14.3 Å². The van der Waals surface area contributed by atoms with Gasteiger partial charge in [-0.05, 0) is 26.0 Å². The van der Waals surface area contributed by atoms with Crippen molar-refractivity contribution in [3.8, 4) is 0 Å². The minimum absolute atomic E-state index is 0.139. The monoisotopic (exact) mass is 358 g/mol. The summed E-state index contributed by atoms with van der Waals surface area (Å²) < 4.78 is 10.8. The van der Waals surface area contributed by atoms with Crippen LogP contribution in [0.15, 0.2) is 24.5 Å². The van der Waals surface area contributed by atoms with Crippen LogP contribution in [0.3, 0.4) is 0 Å². The predicted octanol–water partition coefficient (Wildman–Crippen LogP) is 1.54. The molecule has 0 aliphatic carbocycles. The first-order valence-corrected chi connectivity index (χ1v) is 7.77. The predicted molar refractivity (Wildman–Crippen MR) is 81.4 cm³/mol. The van der Waals surface area contributed by atoms with Gasteiger partial charge < -0.3 is 14.8 Å². The summed E-state index contributed by atoms with van der Waals surface area (Å²) in [5.74, 6) is -2.13. The van der Waals surface area contributed by atoms with Crippen molar-refractivity contribution in [1.29, 1.82) is 0 Å². The number of alkyl halides is 1. The number of carbonyl (C=O) groups excluding carboxylic acids is 2. The molecule has 116 valence electrons. The highest BCUT2D eigenvalue weighted by atomic mass is 79.9. The van der Waals surface area contributed by atoms with Gasteiger partial charge in [-0.3, -0.25) is 14.6 Å². The second kappa shape index (κ2) is 8.86. The fraction of sp³-hybridized carbons (Fsp3) is 0.500. The zero-order valence-corrected chi connectivity index (χ0v) is 13.7. The number of nitrogens with zero attached hydrogens (tertiary/aromatic N) is 1. The maximum Gasteiger partial charge on any atom is 0.281 e. The number of halogens is 1. The van der Waals surface area contributed by atoms with Gasteiger partial charge in [-0.1, -0.05) is 15.9 Å². The molecule has 7 heteroatoms.